The fourth-order valence-electron chi connectivity index (χ4n) is 6.13. The molecule has 5 nitrogen and oxygen atoms in total. The van der Waals surface area contributed by atoms with Gasteiger partial charge in [0.1, 0.15) is 4.75 Å². The predicted molar refractivity (Wildman–Crippen MR) is 197 cm³/mol. The van der Waals surface area contributed by atoms with E-state index in [1.807, 2.05) is 0 Å². The number of fused-ring (bicyclic) bond motifs is 1. The highest BCUT2D eigenvalue weighted by Crippen LogP contribution is 2.55. The maximum atomic E-state index is 13.2. The zero-order valence-corrected chi connectivity index (χ0v) is 29.3. The first-order chi connectivity index (χ1) is 21.7. The van der Waals surface area contributed by atoms with Gasteiger partial charge in [0.25, 0.3) is 0 Å². The number of amides is 1. The number of aryl methyl sites for hydroxylation is 1. The van der Waals surface area contributed by atoms with Gasteiger partial charge in [-0.1, -0.05) is 125 Å². The molecule has 0 atom stereocenters. The number of carbonyl (C=O) groups excluding carboxylic acids is 1. The molecule has 1 amide bonds. The third-order valence-electron chi connectivity index (χ3n) is 8.84. The smallest absolute Gasteiger partial charge is 0.225 e. The number of unbranched alkanes of at least 4 members (excludes halogenated alkanes) is 10. The highest BCUT2D eigenvalue weighted by atomic mass is 32.2. The average Bonchev–Trinajstić information content (AvgIpc) is 3.03. The number of anilines is 2. The molecule has 0 aromatic heterocycles. The molecule has 0 bridgehead atoms. The summed E-state index contributed by atoms with van der Waals surface area (Å²) >= 11 is 1.64. The number of thioether (sulfide) groups is 1. The van der Waals surface area contributed by atoms with E-state index in [1.54, 1.807) is 11.8 Å². The van der Waals surface area contributed by atoms with Crippen molar-refractivity contribution in [2.24, 2.45) is 4.99 Å². The molecule has 242 valence electrons. The molecule has 1 aliphatic heterocycles. The van der Waals surface area contributed by atoms with Gasteiger partial charge in [0, 0.05) is 51.5 Å². The summed E-state index contributed by atoms with van der Waals surface area (Å²) in [6.45, 7) is 4.40. The first-order valence-corrected chi connectivity index (χ1v) is 17.8. The van der Waals surface area contributed by atoms with E-state index in [1.165, 1.54) is 63.4 Å². The fourth-order valence-corrected chi connectivity index (χ4v) is 7.51. The molecule has 0 unspecified atom stereocenters. The third kappa shape index (κ3) is 9.16. The summed E-state index contributed by atoms with van der Waals surface area (Å²) in [6.07, 6.45) is 14.5. The van der Waals surface area contributed by atoms with Crippen LogP contribution in [0, 0.1) is 6.92 Å². The zero-order chi connectivity index (χ0) is 32.2. The Morgan fingerprint density at radius 2 is 1.20 bits per heavy atom. The molecule has 0 saturated heterocycles. The molecule has 0 spiro atoms. The molecule has 0 radical (unpaired) electrons. The van der Waals surface area contributed by atoms with Crippen molar-refractivity contribution >= 4 is 39.9 Å². The summed E-state index contributed by atoms with van der Waals surface area (Å²) in [5.41, 5.74) is 7.85. The number of nitrogens with one attached hydrogen (secondary N) is 1. The third-order valence-corrected chi connectivity index (χ3v) is 10.2. The SMILES string of the molecule is CCCCCCCCCCCCCC(=O)NC1=Nc2ccc(C)cc2C(c2ccc(N(C)C)cc2)(c2ccc(N(C)C)cc2)S1. The standard InChI is InChI=1S/C39H54N4OS/c1-7-8-9-10-11-12-13-14-15-16-17-18-37(44)41-38-40-36-28-19-30(2)29-35(36)39(45-38,31-20-24-33(25-21-31)42(3)4)32-22-26-34(27-23-32)43(5)6/h19-29H,7-18H2,1-6H3,(H,40,41,44). The Kier molecular flexibility index (Phi) is 13.0. The van der Waals surface area contributed by atoms with E-state index in [9.17, 15) is 4.79 Å². The van der Waals surface area contributed by atoms with E-state index >= 15 is 0 Å². The van der Waals surface area contributed by atoms with Crippen LogP contribution in [-0.4, -0.2) is 39.3 Å². The van der Waals surface area contributed by atoms with Crippen LogP contribution in [0.15, 0.2) is 71.7 Å². The lowest BCUT2D eigenvalue weighted by Gasteiger charge is -2.39. The normalized spacial score (nSPS) is 13.6. The summed E-state index contributed by atoms with van der Waals surface area (Å²) in [6, 6.07) is 24.1. The molecule has 6 heteroatoms. The molecule has 45 heavy (non-hydrogen) atoms. The second-order valence-electron chi connectivity index (χ2n) is 12.9. The van der Waals surface area contributed by atoms with Crippen LogP contribution >= 0.6 is 11.8 Å². The van der Waals surface area contributed by atoms with E-state index in [2.05, 4.69) is 124 Å². The summed E-state index contributed by atoms with van der Waals surface area (Å²) in [7, 11) is 8.26. The van der Waals surface area contributed by atoms with Crippen molar-refractivity contribution in [2.75, 3.05) is 38.0 Å². The van der Waals surface area contributed by atoms with Crippen LogP contribution in [0.5, 0.6) is 0 Å². The first kappa shape index (κ1) is 34.6. The number of rotatable bonds is 16. The second kappa shape index (κ2) is 16.9. The number of nitrogens with zero attached hydrogens (tertiary/aromatic N) is 3. The van der Waals surface area contributed by atoms with Crippen LogP contribution in [0.25, 0.3) is 0 Å². The van der Waals surface area contributed by atoms with Crippen molar-refractivity contribution in [3.63, 3.8) is 0 Å². The Morgan fingerprint density at radius 1 is 0.711 bits per heavy atom. The molecule has 1 aliphatic rings. The summed E-state index contributed by atoms with van der Waals surface area (Å²) < 4.78 is -0.571. The van der Waals surface area contributed by atoms with Crippen LogP contribution in [0.4, 0.5) is 17.1 Å². The second-order valence-corrected chi connectivity index (χ2v) is 14.1. The molecule has 3 aromatic carbocycles. The monoisotopic (exact) mass is 626 g/mol. The lowest BCUT2D eigenvalue weighted by Crippen LogP contribution is -2.37. The van der Waals surface area contributed by atoms with Crippen molar-refractivity contribution in [1.82, 2.24) is 5.32 Å². The zero-order valence-electron chi connectivity index (χ0n) is 28.5. The quantitative estimate of drug-likeness (QED) is 0.161. The van der Waals surface area contributed by atoms with Gasteiger partial charge in [-0.05, 0) is 54.8 Å². The van der Waals surface area contributed by atoms with Gasteiger partial charge in [0.05, 0.1) is 5.69 Å². The maximum absolute atomic E-state index is 13.2. The number of amidine groups is 1. The van der Waals surface area contributed by atoms with Crippen molar-refractivity contribution in [3.05, 3.63) is 89.0 Å². The molecule has 0 fully saturated rings. The van der Waals surface area contributed by atoms with Crippen LogP contribution in [0.3, 0.4) is 0 Å². The number of hydrogen-bond acceptors (Lipinski definition) is 5. The maximum Gasteiger partial charge on any atom is 0.225 e. The lowest BCUT2D eigenvalue weighted by atomic mass is 9.82. The Bertz CT molecular complexity index is 1340. The molecular formula is C39H54N4OS. The molecular weight excluding hydrogens is 573 g/mol. The highest BCUT2D eigenvalue weighted by Gasteiger charge is 2.43. The van der Waals surface area contributed by atoms with Crippen LogP contribution < -0.4 is 15.1 Å². The van der Waals surface area contributed by atoms with Crippen LogP contribution in [-0.2, 0) is 9.54 Å². The van der Waals surface area contributed by atoms with Crippen LogP contribution in [0.1, 0.15) is 106 Å². The van der Waals surface area contributed by atoms with Crippen molar-refractivity contribution < 1.29 is 4.79 Å². The summed E-state index contributed by atoms with van der Waals surface area (Å²) in [4.78, 5) is 22.5. The van der Waals surface area contributed by atoms with E-state index in [0.717, 1.165) is 46.6 Å². The van der Waals surface area contributed by atoms with Gasteiger partial charge in [0.15, 0.2) is 5.17 Å². The van der Waals surface area contributed by atoms with Gasteiger partial charge >= 0.3 is 0 Å². The van der Waals surface area contributed by atoms with Gasteiger partial charge in [0.2, 0.25) is 5.91 Å². The van der Waals surface area contributed by atoms with E-state index < -0.39 is 4.75 Å². The number of aliphatic imine (C=N–C) groups is 1. The van der Waals surface area contributed by atoms with Crippen molar-refractivity contribution in [2.45, 2.75) is 95.6 Å². The Balaban J connectivity index is 1.51. The molecule has 3 aromatic rings. The van der Waals surface area contributed by atoms with Gasteiger partial charge in [-0.3, -0.25) is 4.79 Å². The fraction of sp³-hybridized carbons (Fsp3) is 0.487. The van der Waals surface area contributed by atoms with Gasteiger partial charge in [-0.15, -0.1) is 0 Å². The topological polar surface area (TPSA) is 47.9 Å². The van der Waals surface area contributed by atoms with Gasteiger partial charge in [-0.25, -0.2) is 4.99 Å². The van der Waals surface area contributed by atoms with Gasteiger partial charge < -0.3 is 15.1 Å². The predicted octanol–water partition coefficient (Wildman–Crippen LogP) is 9.97. The molecule has 1 N–H and O–H groups in total. The molecule has 1 heterocycles. The van der Waals surface area contributed by atoms with Crippen molar-refractivity contribution in [3.8, 4) is 0 Å². The largest absolute Gasteiger partial charge is 0.378 e. The van der Waals surface area contributed by atoms with E-state index in [0.29, 0.717) is 11.6 Å². The number of hydrogen-bond donors (Lipinski definition) is 1. The van der Waals surface area contributed by atoms with Crippen LogP contribution in [0.2, 0.25) is 0 Å². The molecule has 0 aliphatic carbocycles. The van der Waals surface area contributed by atoms with E-state index in [4.69, 9.17) is 4.99 Å². The summed E-state index contributed by atoms with van der Waals surface area (Å²) in [5.74, 6) is 0.0487. The minimum atomic E-state index is -0.571. The number of benzene rings is 3. The van der Waals surface area contributed by atoms with Gasteiger partial charge in [-0.2, -0.15) is 0 Å². The van der Waals surface area contributed by atoms with Crippen molar-refractivity contribution in [1.29, 1.82) is 0 Å². The minimum Gasteiger partial charge on any atom is -0.378 e. The number of carbonyl (C=O) groups is 1. The molecule has 0 saturated carbocycles. The Hall–Kier alpha value is -3.25. The van der Waals surface area contributed by atoms with E-state index in [-0.39, 0.29) is 5.91 Å². The average molecular weight is 627 g/mol. The summed E-state index contributed by atoms with van der Waals surface area (Å²) in [5, 5.41) is 3.88. The minimum absolute atomic E-state index is 0.0487. The molecule has 4 rings (SSSR count). The highest BCUT2D eigenvalue weighted by molar-refractivity contribution is 8.15. The lowest BCUT2D eigenvalue weighted by molar-refractivity contribution is -0.119. The Labute approximate surface area is 276 Å². The Morgan fingerprint density at radius 3 is 1.69 bits per heavy atom. The first-order valence-electron chi connectivity index (χ1n) is 17.0.